The van der Waals surface area contributed by atoms with Gasteiger partial charge in [0.15, 0.2) is 0 Å². The Bertz CT molecular complexity index is 829. The first kappa shape index (κ1) is 12.6. The molecule has 0 unspecified atom stereocenters. The summed E-state index contributed by atoms with van der Waals surface area (Å²) in [7, 11) is 0. The van der Waals surface area contributed by atoms with Gasteiger partial charge in [-0.2, -0.15) is 10.1 Å². The third-order valence-corrected chi connectivity index (χ3v) is 3.26. The lowest BCUT2D eigenvalue weighted by Crippen LogP contribution is -2.12. The van der Waals surface area contributed by atoms with Gasteiger partial charge in [0.05, 0.1) is 10.9 Å². The predicted octanol–water partition coefficient (Wildman–Crippen LogP) is 2.40. The molecule has 2 aromatic heterocycles. The van der Waals surface area contributed by atoms with Crippen molar-refractivity contribution in [3.05, 3.63) is 53.1 Å². The van der Waals surface area contributed by atoms with Crippen molar-refractivity contribution >= 4 is 16.7 Å². The minimum absolute atomic E-state index is 0.202. The van der Waals surface area contributed by atoms with E-state index in [4.69, 9.17) is 0 Å². The average molecular weight is 268 g/mol. The van der Waals surface area contributed by atoms with Crippen molar-refractivity contribution in [2.45, 2.75) is 26.3 Å². The van der Waals surface area contributed by atoms with E-state index < -0.39 is 0 Å². The minimum atomic E-state index is -0.202. The maximum Gasteiger partial charge on any atom is 0.282 e. The fourth-order valence-corrected chi connectivity index (χ4v) is 2.28. The highest BCUT2D eigenvalue weighted by Gasteiger charge is 2.08. The molecule has 5 nitrogen and oxygen atoms in total. The summed E-state index contributed by atoms with van der Waals surface area (Å²) in [5, 5.41) is 4.95. The molecule has 0 saturated heterocycles. The Kier molecular flexibility index (Phi) is 3.33. The molecule has 0 radical (unpaired) electrons. The van der Waals surface area contributed by atoms with E-state index in [1.54, 1.807) is 17.1 Å². The fourth-order valence-electron chi connectivity index (χ4n) is 2.28. The first-order chi connectivity index (χ1) is 9.81. The molecule has 102 valence electrons. The zero-order chi connectivity index (χ0) is 13.9. The lowest BCUT2D eigenvalue weighted by Gasteiger charge is -2.02. The summed E-state index contributed by atoms with van der Waals surface area (Å²) in [6, 6.07) is 7.46. The Morgan fingerprint density at radius 1 is 1.25 bits per heavy atom. The van der Waals surface area contributed by atoms with Crippen LogP contribution in [0, 0.1) is 0 Å². The topological polar surface area (TPSA) is 52.2 Å². The van der Waals surface area contributed by atoms with E-state index in [9.17, 15) is 4.79 Å². The molecule has 3 aromatic rings. The number of allylic oxidation sites excluding steroid dienone is 2. The van der Waals surface area contributed by atoms with E-state index in [2.05, 4.69) is 29.2 Å². The summed E-state index contributed by atoms with van der Waals surface area (Å²) in [4.78, 5) is 16.2. The lowest BCUT2D eigenvalue weighted by atomic mass is 10.2. The molecule has 0 saturated carbocycles. The van der Waals surface area contributed by atoms with Crippen LogP contribution in [0.3, 0.4) is 0 Å². The van der Waals surface area contributed by atoms with Gasteiger partial charge in [-0.3, -0.25) is 9.20 Å². The van der Waals surface area contributed by atoms with Crippen LogP contribution in [0.4, 0.5) is 0 Å². The molecule has 1 aromatic carbocycles. The number of fused-ring (bicyclic) bond motifs is 3. The fraction of sp³-hybridized carbons (Fsp3) is 0.267. The van der Waals surface area contributed by atoms with Crippen molar-refractivity contribution in [1.29, 1.82) is 0 Å². The van der Waals surface area contributed by atoms with Crippen LogP contribution in [-0.4, -0.2) is 19.2 Å². The van der Waals surface area contributed by atoms with Gasteiger partial charge in [0.1, 0.15) is 6.33 Å². The van der Waals surface area contributed by atoms with Crippen LogP contribution in [0.5, 0.6) is 0 Å². The molecule has 0 spiro atoms. The van der Waals surface area contributed by atoms with Crippen molar-refractivity contribution in [3.63, 3.8) is 0 Å². The van der Waals surface area contributed by atoms with E-state index in [0.29, 0.717) is 11.2 Å². The Morgan fingerprint density at radius 2 is 2.10 bits per heavy atom. The normalized spacial score (nSPS) is 11.8. The number of hydrogen-bond donors (Lipinski definition) is 0. The van der Waals surface area contributed by atoms with Crippen molar-refractivity contribution < 1.29 is 0 Å². The van der Waals surface area contributed by atoms with E-state index >= 15 is 0 Å². The largest absolute Gasteiger partial charge is 0.282 e. The van der Waals surface area contributed by atoms with E-state index in [1.165, 1.54) is 0 Å². The van der Waals surface area contributed by atoms with Crippen LogP contribution in [0.15, 0.2) is 47.5 Å². The van der Waals surface area contributed by atoms with Gasteiger partial charge in [0.25, 0.3) is 5.56 Å². The number of hydrogen-bond acceptors (Lipinski definition) is 3. The number of para-hydroxylation sites is 1. The molecule has 0 atom stereocenters. The van der Waals surface area contributed by atoms with Crippen molar-refractivity contribution in [2.24, 2.45) is 0 Å². The second-order valence-electron chi connectivity index (χ2n) is 4.63. The van der Waals surface area contributed by atoms with Crippen LogP contribution < -0.4 is 5.56 Å². The van der Waals surface area contributed by atoms with Gasteiger partial charge in [0.2, 0.25) is 5.78 Å². The second kappa shape index (κ2) is 5.28. The average Bonchev–Trinajstić information content (AvgIpc) is 2.87. The quantitative estimate of drug-likeness (QED) is 0.683. The summed E-state index contributed by atoms with van der Waals surface area (Å²) < 4.78 is 3.63. The van der Waals surface area contributed by atoms with E-state index in [0.717, 1.165) is 24.9 Å². The standard InChI is InChI=1S/C15H16N4O/c1-2-3-4-7-10-19-15-17-14(20)12-8-5-6-9-13(12)18(15)11-16-19/h3-6,8-9,11H,2,7,10H2,1H3. The van der Waals surface area contributed by atoms with Crippen molar-refractivity contribution in [3.8, 4) is 0 Å². The van der Waals surface area contributed by atoms with Crippen LogP contribution in [-0.2, 0) is 6.54 Å². The smallest absolute Gasteiger partial charge is 0.267 e. The molecule has 20 heavy (non-hydrogen) atoms. The Balaban J connectivity index is 2.08. The van der Waals surface area contributed by atoms with Gasteiger partial charge in [-0.15, -0.1) is 0 Å². The van der Waals surface area contributed by atoms with Gasteiger partial charge in [-0.1, -0.05) is 31.2 Å². The number of rotatable bonds is 4. The van der Waals surface area contributed by atoms with Gasteiger partial charge in [-0.25, -0.2) is 4.68 Å². The summed E-state index contributed by atoms with van der Waals surface area (Å²) in [6.07, 6.45) is 7.88. The van der Waals surface area contributed by atoms with Gasteiger partial charge in [-0.05, 0) is 25.0 Å². The molecule has 2 heterocycles. The third kappa shape index (κ3) is 2.11. The predicted molar refractivity (Wildman–Crippen MR) is 78.8 cm³/mol. The van der Waals surface area contributed by atoms with E-state index in [1.807, 2.05) is 22.6 Å². The molecule has 0 amide bonds. The molecule has 0 aliphatic rings. The Labute approximate surface area is 116 Å². The van der Waals surface area contributed by atoms with Crippen LogP contribution >= 0.6 is 0 Å². The SMILES string of the molecule is CCC=CCCn1ncn2c3ccccc3c(=O)nc12. The van der Waals surface area contributed by atoms with Crippen molar-refractivity contribution in [1.82, 2.24) is 19.2 Å². The molecule has 5 heteroatoms. The molecule has 0 aliphatic heterocycles. The summed E-state index contributed by atoms with van der Waals surface area (Å²) in [5.41, 5.74) is 0.643. The third-order valence-electron chi connectivity index (χ3n) is 3.26. The Hall–Kier alpha value is -2.43. The Morgan fingerprint density at radius 3 is 2.95 bits per heavy atom. The minimum Gasteiger partial charge on any atom is -0.267 e. The number of nitrogens with zero attached hydrogens (tertiary/aromatic N) is 4. The molecule has 0 aliphatic carbocycles. The van der Waals surface area contributed by atoms with Gasteiger partial charge < -0.3 is 0 Å². The lowest BCUT2D eigenvalue weighted by molar-refractivity contribution is 0.637. The second-order valence-corrected chi connectivity index (χ2v) is 4.63. The summed E-state index contributed by atoms with van der Waals surface area (Å²) >= 11 is 0. The number of benzene rings is 1. The van der Waals surface area contributed by atoms with Crippen LogP contribution in [0.25, 0.3) is 16.7 Å². The molecular formula is C15H16N4O. The molecule has 0 bridgehead atoms. The first-order valence-electron chi connectivity index (χ1n) is 6.79. The van der Waals surface area contributed by atoms with Crippen LogP contribution in [0.1, 0.15) is 19.8 Å². The summed E-state index contributed by atoms with van der Waals surface area (Å²) in [6.45, 7) is 2.82. The van der Waals surface area contributed by atoms with Crippen molar-refractivity contribution in [2.75, 3.05) is 0 Å². The maximum absolute atomic E-state index is 12.0. The molecule has 0 N–H and O–H groups in total. The molecular weight excluding hydrogens is 252 g/mol. The monoisotopic (exact) mass is 268 g/mol. The first-order valence-corrected chi connectivity index (χ1v) is 6.79. The highest BCUT2D eigenvalue weighted by atomic mass is 16.1. The maximum atomic E-state index is 12.0. The van der Waals surface area contributed by atoms with Gasteiger partial charge >= 0.3 is 0 Å². The zero-order valence-corrected chi connectivity index (χ0v) is 11.4. The van der Waals surface area contributed by atoms with E-state index in [-0.39, 0.29) is 5.56 Å². The highest BCUT2D eigenvalue weighted by molar-refractivity contribution is 5.79. The van der Waals surface area contributed by atoms with Gasteiger partial charge in [0, 0.05) is 6.54 Å². The summed E-state index contributed by atoms with van der Waals surface area (Å²) in [5.74, 6) is 0.596. The molecule has 0 fully saturated rings. The number of aromatic nitrogens is 4. The molecule has 3 rings (SSSR count). The zero-order valence-electron chi connectivity index (χ0n) is 11.4. The number of aryl methyl sites for hydroxylation is 1. The highest BCUT2D eigenvalue weighted by Crippen LogP contribution is 2.11. The van der Waals surface area contributed by atoms with Crippen LogP contribution in [0.2, 0.25) is 0 Å².